The molecular weight excluding hydrogens is 260 g/mol. The summed E-state index contributed by atoms with van der Waals surface area (Å²) in [6.45, 7) is 4.04. The van der Waals surface area contributed by atoms with Crippen molar-refractivity contribution in [3.05, 3.63) is 52.8 Å². The molecule has 0 saturated carbocycles. The van der Waals surface area contributed by atoms with Gasteiger partial charge in [-0.25, -0.2) is 4.98 Å². The molecule has 19 heavy (non-hydrogen) atoms. The number of aromatic nitrogens is 1. The van der Waals surface area contributed by atoms with E-state index in [1.165, 1.54) is 5.56 Å². The predicted molar refractivity (Wildman–Crippen MR) is 78.9 cm³/mol. The van der Waals surface area contributed by atoms with Crippen LogP contribution in [-0.4, -0.2) is 16.1 Å². The van der Waals surface area contributed by atoms with Gasteiger partial charge in [-0.15, -0.1) is 0 Å². The number of anilines is 1. The lowest BCUT2D eigenvalue weighted by molar-refractivity contribution is 0.475. The molecule has 1 atom stereocenters. The number of halogens is 1. The number of hydrogen-bond acceptors (Lipinski definition) is 3. The van der Waals surface area contributed by atoms with E-state index < -0.39 is 0 Å². The van der Waals surface area contributed by atoms with E-state index in [2.05, 4.69) is 17.2 Å². The van der Waals surface area contributed by atoms with Crippen LogP contribution in [0.4, 0.5) is 5.69 Å². The monoisotopic (exact) mass is 276 g/mol. The van der Waals surface area contributed by atoms with Gasteiger partial charge >= 0.3 is 0 Å². The van der Waals surface area contributed by atoms with Crippen molar-refractivity contribution >= 4 is 17.3 Å². The maximum absolute atomic E-state index is 9.25. The number of pyridine rings is 1. The number of aryl methyl sites for hydroxylation is 1. The Morgan fingerprint density at radius 3 is 2.53 bits per heavy atom. The topological polar surface area (TPSA) is 45.2 Å². The number of nitrogens with zero attached hydrogens (tertiary/aromatic N) is 1. The minimum Gasteiger partial charge on any atom is -0.508 e. The van der Waals surface area contributed by atoms with Gasteiger partial charge in [-0.05, 0) is 50.1 Å². The Morgan fingerprint density at radius 2 is 1.89 bits per heavy atom. The van der Waals surface area contributed by atoms with E-state index >= 15 is 0 Å². The first kappa shape index (κ1) is 13.7. The molecule has 1 aromatic heterocycles. The van der Waals surface area contributed by atoms with Crippen LogP contribution >= 0.6 is 11.6 Å². The molecule has 0 amide bonds. The molecule has 0 aliphatic rings. The summed E-state index contributed by atoms with van der Waals surface area (Å²) in [6, 6.07) is 11.3. The fourth-order valence-electron chi connectivity index (χ4n) is 1.99. The molecule has 0 fully saturated rings. The van der Waals surface area contributed by atoms with E-state index in [1.54, 1.807) is 18.2 Å². The Balaban J connectivity index is 2.01. The molecule has 3 nitrogen and oxygen atoms in total. The summed E-state index contributed by atoms with van der Waals surface area (Å²) in [4.78, 5) is 4.22. The third-order valence-corrected chi connectivity index (χ3v) is 3.14. The van der Waals surface area contributed by atoms with Crippen molar-refractivity contribution in [3.63, 3.8) is 0 Å². The standard InChI is InChI=1S/C15H17ClN2O/c1-10(9-12-3-5-13(19)6-4-12)17-14-7-8-15(16)18-11(14)2/h3-8,10,17,19H,9H2,1-2H3. The molecule has 2 rings (SSSR count). The highest BCUT2D eigenvalue weighted by Gasteiger charge is 2.06. The van der Waals surface area contributed by atoms with Gasteiger partial charge in [-0.3, -0.25) is 0 Å². The van der Waals surface area contributed by atoms with Crippen LogP contribution < -0.4 is 5.32 Å². The molecule has 4 heteroatoms. The Morgan fingerprint density at radius 1 is 1.21 bits per heavy atom. The molecule has 0 bridgehead atoms. The van der Waals surface area contributed by atoms with Gasteiger partial charge in [0.05, 0.1) is 11.4 Å². The number of phenolic OH excluding ortho intramolecular Hbond substituents is 1. The highest BCUT2D eigenvalue weighted by atomic mass is 35.5. The third-order valence-electron chi connectivity index (χ3n) is 2.93. The maximum Gasteiger partial charge on any atom is 0.129 e. The van der Waals surface area contributed by atoms with E-state index in [9.17, 15) is 5.11 Å². The quantitative estimate of drug-likeness (QED) is 0.835. The zero-order valence-corrected chi connectivity index (χ0v) is 11.8. The second-order valence-corrected chi connectivity index (χ2v) is 5.07. The second-order valence-electron chi connectivity index (χ2n) is 4.68. The molecule has 0 spiro atoms. The molecule has 2 aromatic rings. The average molecular weight is 277 g/mol. The van der Waals surface area contributed by atoms with E-state index in [0.29, 0.717) is 10.9 Å². The highest BCUT2D eigenvalue weighted by Crippen LogP contribution is 2.18. The zero-order valence-electron chi connectivity index (χ0n) is 11.0. The van der Waals surface area contributed by atoms with Gasteiger partial charge < -0.3 is 10.4 Å². The van der Waals surface area contributed by atoms with E-state index in [0.717, 1.165) is 17.8 Å². The first-order chi connectivity index (χ1) is 9.04. The lowest BCUT2D eigenvalue weighted by Crippen LogP contribution is -2.18. The van der Waals surface area contributed by atoms with E-state index in [-0.39, 0.29) is 6.04 Å². The van der Waals surface area contributed by atoms with Crippen molar-refractivity contribution in [3.8, 4) is 5.75 Å². The summed E-state index contributed by atoms with van der Waals surface area (Å²) in [7, 11) is 0. The molecule has 1 heterocycles. The zero-order chi connectivity index (χ0) is 13.8. The summed E-state index contributed by atoms with van der Waals surface area (Å²) in [5, 5.41) is 13.2. The number of rotatable bonds is 4. The van der Waals surface area contributed by atoms with Gasteiger partial charge in [0, 0.05) is 6.04 Å². The Labute approximate surface area is 118 Å². The van der Waals surface area contributed by atoms with Crippen molar-refractivity contribution in [2.24, 2.45) is 0 Å². The van der Waals surface area contributed by atoms with Crippen LogP contribution in [0.5, 0.6) is 5.75 Å². The van der Waals surface area contributed by atoms with Gasteiger partial charge in [0.15, 0.2) is 0 Å². The van der Waals surface area contributed by atoms with Crippen LogP contribution in [0.2, 0.25) is 5.15 Å². The summed E-state index contributed by atoms with van der Waals surface area (Å²) >= 11 is 5.84. The van der Waals surface area contributed by atoms with Crippen molar-refractivity contribution in [1.82, 2.24) is 4.98 Å². The number of aromatic hydroxyl groups is 1. The van der Waals surface area contributed by atoms with Crippen molar-refractivity contribution in [1.29, 1.82) is 0 Å². The van der Waals surface area contributed by atoms with Gasteiger partial charge in [0.2, 0.25) is 0 Å². The summed E-state index contributed by atoms with van der Waals surface area (Å²) in [5.41, 5.74) is 3.07. The Bertz CT molecular complexity index is 555. The fraction of sp³-hybridized carbons (Fsp3) is 0.267. The number of hydrogen-bond donors (Lipinski definition) is 2. The molecule has 1 aromatic carbocycles. The van der Waals surface area contributed by atoms with Gasteiger partial charge in [0.1, 0.15) is 10.9 Å². The second kappa shape index (κ2) is 5.93. The predicted octanol–water partition coefficient (Wildman–Crippen LogP) is 3.79. The van der Waals surface area contributed by atoms with Crippen molar-refractivity contribution in [2.45, 2.75) is 26.3 Å². The Hall–Kier alpha value is -1.74. The summed E-state index contributed by atoms with van der Waals surface area (Å²) in [5.74, 6) is 0.294. The van der Waals surface area contributed by atoms with Crippen molar-refractivity contribution < 1.29 is 5.11 Å². The number of nitrogens with one attached hydrogen (secondary N) is 1. The minimum atomic E-state index is 0.270. The van der Waals surface area contributed by atoms with Crippen molar-refractivity contribution in [2.75, 3.05) is 5.32 Å². The van der Waals surface area contributed by atoms with Crippen LogP contribution in [0, 0.1) is 6.92 Å². The first-order valence-electron chi connectivity index (χ1n) is 6.22. The molecular formula is C15H17ClN2O. The van der Waals surface area contributed by atoms with Gasteiger partial charge in [-0.2, -0.15) is 0 Å². The van der Waals surface area contributed by atoms with Crippen LogP contribution in [0.3, 0.4) is 0 Å². The first-order valence-corrected chi connectivity index (χ1v) is 6.60. The van der Waals surface area contributed by atoms with Crippen LogP contribution in [0.15, 0.2) is 36.4 Å². The lowest BCUT2D eigenvalue weighted by Gasteiger charge is -2.16. The molecule has 0 aliphatic carbocycles. The normalized spacial score (nSPS) is 12.2. The molecule has 1 unspecified atom stereocenters. The smallest absolute Gasteiger partial charge is 0.129 e. The molecule has 100 valence electrons. The fourth-order valence-corrected chi connectivity index (χ4v) is 2.17. The largest absolute Gasteiger partial charge is 0.508 e. The molecule has 0 radical (unpaired) electrons. The maximum atomic E-state index is 9.25. The molecule has 0 saturated heterocycles. The molecule has 2 N–H and O–H groups in total. The van der Waals surface area contributed by atoms with Gasteiger partial charge in [-0.1, -0.05) is 23.7 Å². The summed E-state index contributed by atoms with van der Waals surface area (Å²) < 4.78 is 0. The Kier molecular flexibility index (Phi) is 4.27. The van der Waals surface area contributed by atoms with Gasteiger partial charge in [0.25, 0.3) is 0 Å². The van der Waals surface area contributed by atoms with Crippen LogP contribution in [0.1, 0.15) is 18.2 Å². The van der Waals surface area contributed by atoms with E-state index in [1.807, 2.05) is 25.1 Å². The minimum absolute atomic E-state index is 0.270. The van der Waals surface area contributed by atoms with Crippen LogP contribution in [0.25, 0.3) is 0 Å². The average Bonchev–Trinajstić information content (AvgIpc) is 2.36. The van der Waals surface area contributed by atoms with Crippen LogP contribution in [-0.2, 0) is 6.42 Å². The molecule has 0 aliphatic heterocycles. The number of benzene rings is 1. The summed E-state index contributed by atoms with van der Waals surface area (Å²) in [6.07, 6.45) is 0.877. The van der Waals surface area contributed by atoms with E-state index in [4.69, 9.17) is 11.6 Å². The lowest BCUT2D eigenvalue weighted by atomic mass is 10.1. The highest BCUT2D eigenvalue weighted by molar-refractivity contribution is 6.29. The SMILES string of the molecule is Cc1nc(Cl)ccc1NC(C)Cc1ccc(O)cc1. The number of phenols is 1. The third kappa shape index (κ3) is 3.86.